The summed E-state index contributed by atoms with van der Waals surface area (Å²) in [4.78, 5) is 0. The van der Waals surface area contributed by atoms with E-state index in [2.05, 4.69) is 0 Å². The third kappa shape index (κ3) is 3.04. The van der Waals surface area contributed by atoms with Gasteiger partial charge in [-0.05, 0) is 23.8 Å². The number of ether oxygens (including phenoxy) is 1. The van der Waals surface area contributed by atoms with E-state index >= 15 is 0 Å². The van der Waals surface area contributed by atoms with Crippen molar-refractivity contribution in [1.29, 1.82) is 5.41 Å². The first-order valence-electron chi connectivity index (χ1n) is 5.48. The van der Waals surface area contributed by atoms with Gasteiger partial charge in [0, 0.05) is 5.56 Å². The first kappa shape index (κ1) is 12.0. The Morgan fingerprint density at radius 3 is 2.33 bits per heavy atom. The molecule has 1 N–H and O–H groups in total. The normalized spacial score (nSPS) is 10.5. The fourth-order valence-electron chi connectivity index (χ4n) is 1.52. The van der Waals surface area contributed by atoms with Crippen LogP contribution in [-0.2, 0) is 0 Å². The summed E-state index contributed by atoms with van der Waals surface area (Å²) in [5.41, 5.74) is 1.49. The highest BCUT2D eigenvalue weighted by Crippen LogP contribution is 2.15. The van der Waals surface area contributed by atoms with Crippen LogP contribution in [-0.4, -0.2) is 6.40 Å². The van der Waals surface area contributed by atoms with E-state index in [-0.39, 0.29) is 5.82 Å². The van der Waals surface area contributed by atoms with Crippen molar-refractivity contribution in [2.24, 2.45) is 0 Å². The van der Waals surface area contributed by atoms with Crippen LogP contribution in [0.5, 0.6) is 5.75 Å². The Morgan fingerprint density at radius 1 is 0.944 bits per heavy atom. The van der Waals surface area contributed by atoms with Gasteiger partial charge in [-0.1, -0.05) is 42.5 Å². The van der Waals surface area contributed by atoms with Crippen molar-refractivity contribution >= 4 is 18.6 Å². The summed E-state index contributed by atoms with van der Waals surface area (Å²) in [6.07, 6.45) is 4.43. The van der Waals surface area contributed by atoms with Crippen LogP contribution in [0.4, 0.5) is 4.39 Å². The highest BCUT2D eigenvalue weighted by molar-refractivity contribution is 5.70. The number of hydrogen-bond donors (Lipinski definition) is 1. The van der Waals surface area contributed by atoms with Gasteiger partial charge in [0.1, 0.15) is 11.6 Å². The minimum absolute atomic E-state index is 0.238. The molecule has 0 atom stereocenters. The first-order chi connectivity index (χ1) is 8.79. The average molecular weight is 241 g/mol. The molecule has 0 radical (unpaired) electrons. The van der Waals surface area contributed by atoms with Gasteiger partial charge in [0.15, 0.2) is 6.40 Å². The lowest BCUT2D eigenvalue weighted by Gasteiger charge is -1.99. The first-order valence-corrected chi connectivity index (χ1v) is 5.48. The van der Waals surface area contributed by atoms with Crippen LogP contribution < -0.4 is 4.74 Å². The summed E-state index contributed by atoms with van der Waals surface area (Å²) < 4.78 is 18.3. The van der Waals surface area contributed by atoms with Crippen molar-refractivity contribution in [3.63, 3.8) is 0 Å². The molecule has 0 aromatic heterocycles. The Balaban J connectivity index is 2.14. The summed E-state index contributed by atoms with van der Waals surface area (Å²) in [7, 11) is 0. The molecule has 2 rings (SSSR count). The Morgan fingerprint density at radius 2 is 1.67 bits per heavy atom. The molecule has 0 aliphatic heterocycles. The summed E-state index contributed by atoms with van der Waals surface area (Å²) in [6, 6.07) is 13.8. The molecule has 2 aromatic rings. The maximum atomic E-state index is 13.4. The van der Waals surface area contributed by atoms with Gasteiger partial charge < -0.3 is 4.74 Å². The largest absolute Gasteiger partial charge is 0.446 e. The lowest BCUT2D eigenvalue weighted by Crippen LogP contribution is -1.86. The van der Waals surface area contributed by atoms with Crippen molar-refractivity contribution in [1.82, 2.24) is 0 Å². The van der Waals surface area contributed by atoms with Gasteiger partial charge in [-0.3, -0.25) is 5.41 Å². The monoisotopic (exact) mass is 241 g/mol. The maximum Gasteiger partial charge on any atom is 0.173 e. The zero-order chi connectivity index (χ0) is 12.8. The topological polar surface area (TPSA) is 33.1 Å². The van der Waals surface area contributed by atoms with Crippen molar-refractivity contribution in [3.05, 3.63) is 65.5 Å². The quantitative estimate of drug-likeness (QED) is 0.490. The zero-order valence-electron chi connectivity index (χ0n) is 9.64. The smallest absolute Gasteiger partial charge is 0.173 e. The predicted octanol–water partition coefficient (Wildman–Crippen LogP) is 3.98. The van der Waals surface area contributed by atoms with Gasteiger partial charge in [0.25, 0.3) is 0 Å². The van der Waals surface area contributed by atoms with Gasteiger partial charge in [0.05, 0.1) is 0 Å². The van der Waals surface area contributed by atoms with E-state index < -0.39 is 0 Å². The van der Waals surface area contributed by atoms with Crippen molar-refractivity contribution in [3.8, 4) is 5.75 Å². The third-order valence-electron chi connectivity index (χ3n) is 2.44. The summed E-state index contributed by atoms with van der Waals surface area (Å²) in [5.74, 6) is 0.366. The lowest BCUT2D eigenvalue weighted by molar-refractivity contribution is 0.570. The summed E-state index contributed by atoms with van der Waals surface area (Å²) in [6.45, 7) is 0. The van der Waals surface area contributed by atoms with E-state index in [4.69, 9.17) is 10.1 Å². The highest BCUT2D eigenvalue weighted by atomic mass is 19.1. The molecule has 0 saturated carbocycles. The van der Waals surface area contributed by atoms with E-state index in [1.807, 2.05) is 18.2 Å². The third-order valence-corrected chi connectivity index (χ3v) is 2.44. The molecule has 0 fully saturated rings. The second kappa shape index (κ2) is 5.77. The molecule has 0 heterocycles. The molecule has 0 aliphatic rings. The van der Waals surface area contributed by atoms with E-state index in [1.165, 1.54) is 6.07 Å². The SMILES string of the molecule is N=COc1ccc(/C=C/c2ccccc2F)cc1. The van der Waals surface area contributed by atoms with Crippen LogP contribution in [0.25, 0.3) is 12.2 Å². The minimum Gasteiger partial charge on any atom is -0.446 e. The van der Waals surface area contributed by atoms with Crippen LogP contribution in [0.15, 0.2) is 48.5 Å². The Hall–Kier alpha value is -2.42. The average Bonchev–Trinajstić information content (AvgIpc) is 2.40. The van der Waals surface area contributed by atoms with E-state index in [9.17, 15) is 4.39 Å². The van der Waals surface area contributed by atoms with Crippen LogP contribution in [0.2, 0.25) is 0 Å². The van der Waals surface area contributed by atoms with E-state index in [0.29, 0.717) is 11.3 Å². The maximum absolute atomic E-state index is 13.4. The van der Waals surface area contributed by atoms with E-state index in [1.54, 1.807) is 36.4 Å². The molecule has 3 heteroatoms. The number of benzene rings is 2. The summed E-state index contributed by atoms with van der Waals surface area (Å²) in [5, 5.41) is 6.81. The molecule has 0 aliphatic carbocycles. The second-order valence-electron chi connectivity index (χ2n) is 3.66. The summed E-state index contributed by atoms with van der Waals surface area (Å²) >= 11 is 0. The second-order valence-corrected chi connectivity index (χ2v) is 3.66. The molecule has 90 valence electrons. The number of nitrogens with one attached hydrogen (secondary N) is 1. The molecule has 2 nitrogen and oxygen atoms in total. The molecule has 0 unspecified atom stereocenters. The highest BCUT2D eigenvalue weighted by Gasteiger charge is 1.95. The van der Waals surface area contributed by atoms with Gasteiger partial charge in [-0.25, -0.2) is 4.39 Å². The minimum atomic E-state index is -0.238. The van der Waals surface area contributed by atoms with E-state index in [0.717, 1.165) is 12.0 Å². The molecule has 2 aromatic carbocycles. The molecule has 0 saturated heterocycles. The lowest BCUT2D eigenvalue weighted by atomic mass is 10.1. The molecule has 0 amide bonds. The fraction of sp³-hybridized carbons (Fsp3) is 0. The Kier molecular flexibility index (Phi) is 3.86. The fourth-order valence-corrected chi connectivity index (χ4v) is 1.52. The number of rotatable bonds is 4. The van der Waals surface area contributed by atoms with Gasteiger partial charge in [-0.15, -0.1) is 0 Å². The van der Waals surface area contributed by atoms with Crippen molar-refractivity contribution in [2.75, 3.05) is 0 Å². The molecular formula is C15H12FNO. The number of halogens is 1. The van der Waals surface area contributed by atoms with Gasteiger partial charge in [-0.2, -0.15) is 0 Å². The Labute approximate surface area is 105 Å². The number of hydrogen-bond acceptors (Lipinski definition) is 2. The molecule has 18 heavy (non-hydrogen) atoms. The van der Waals surface area contributed by atoms with Gasteiger partial charge in [0.2, 0.25) is 0 Å². The van der Waals surface area contributed by atoms with Crippen molar-refractivity contribution in [2.45, 2.75) is 0 Å². The van der Waals surface area contributed by atoms with Crippen LogP contribution in [0.1, 0.15) is 11.1 Å². The molecular weight excluding hydrogens is 229 g/mol. The van der Waals surface area contributed by atoms with Crippen LogP contribution in [0.3, 0.4) is 0 Å². The standard InChI is InChI=1S/C15H12FNO/c16-15-4-2-1-3-13(15)8-5-12-6-9-14(10-7-12)18-11-17/h1-11,17H/b8-5+,17-11?. The predicted molar refractivity (Wildman–Crippen MR) is 71.2 cm³/mol. The molecule has 0 bridgehead atoms. The van der Waals surface area contributed by atoms with Crippen LogP contribution >= 0.6 is 0 Å². The van der Waals surface area contributed by atoms with Crippen molar-refractivity contribution < 1.29 is 9.13 Å². The Bertz CT molecular complexity index is 561. The molecule has 0 spiro atoms. The zero-order valence-corrected chi connectivity index (χ0v) is 9.64. The van der Waals surface area contributed by atoms with Gasteiger partial charge >= 0.3 is 0 Å². The van der Waals surface area contributed by atoms with Crippen LogP contribution in [0, 0.1) is 11.2 Å².